The van der Waals surface area contributed by atoms with Crippen LogP contribution in [-0.2, 0) is 22.6 Å². The molecule has 0 unspecified atom stereocenters. The van der Waals surface area contributed by atoms with Gasteiger partial charge in [0.2, 0.25) is 11.8 Å². The minimum atomic E-state index is -0.630. The van der Waals surface area contributed by atoms with Crippen LogP contribution in [0.15, 0.2) is 30.5 Å². The molecular formula is C20H27N5O2S. The maximum absolute atomic E-state index is 12.8. The molecule has 1 saturated heterocycles. The maximum Gasteiger partial charge on any atom is 0.243 e. The minimum absolute atomic E-state index is 0.0886. The van der Waals surface area contributed by atoms with Crippen molar-refractivity contribution in [2.75, 3.05) is 19.3 Å². The number of benzene rings is 1. The smallest absolute Gasteiger partial charge is 0.243 e. The Hall–Kier alpha value is -2.45. The van der Waals surface area contributed by atoms with E-state index in [1.54, 1.807) is 6.20 Å². The average molecular weight is 402 g/mol. The number of nitrogens with two attached hydrogens (primary N) is 1. The first-order valence-corrected chi connectivity index (χ1v) is 10.3. The zero-order valence-electron chi connectivity index (χ0n) is 16.3. The van der Waals surface area contributed by atoms with Crippen molar-refractivity contribution >= 4 is 28.3 Å². The number of anilines is 1. The van der Waals surface area contributed by atoms with Gasteiger partial charge in [0.25, 0.3) is 0 Å². The van der Waals surface area contributed by atoms with E-state index in [9.17, 15) is 9.59 Å². The topological polar surface area (TPSA) is 100 Å². The molecule has 0 saturated carbocycles. The Kier molecular flexibility index (Phi) is 6.64. The Labute approximate surface area is 169 Å². The number of aryl methyl sites for hydroxylation is 1. The maximum atomic E-state index is 12.8. The highest BCUT2D eigenvalue weighted by atomic mass is 32.1. The van der Waals surface area contributed by atoms with Gasteiger partial charge in [0.1, 0.15) is 6.04 Å². The molecule has 150 valence electrons. The lowest BCUT2D eigenvalue weighted by atomic mass is 10.0. The molecule has 0 radical (unpaired) electrons. The van der Waals surface area contributed by atoms with Gasteiger partial charge in [0, 0.05) is 17.5 Å². The Balaban J connectivity index is 1.67. The van der Waals surface area contributed by atoms with Gasteiger partial charge >= 0.3 is 0 Å². The third-order valence-corrected chi connectivity index (χ3v) is 5.85. The first-order valence-electron chi connectivity index (χ1n) is 9.46. The van der Waals surface area contributed by atoms with Crippen LogP contribution in [0, 0.1) is 6.92 Å². The highest BCUT2D eigenvalue weighted by Gasteiger charge is 2.31. The van der Waals surface area contributed by atoms with E-state index in [0.717, 1.165) is 35.4 Å². The van der Waals surface area contributed by atoms with Gasteiger partial charge in [-0.3, -0.25) is 14.5 Å². The molecule has 7 nitrogen and oxygen atoms in total. The SMILES string of the molecule is Cc1ccc(C[C@H](NC(=O)[C@H]2CCCN2C)C(=O)NCc2cnc(N)s2)cc1. The number of likely N-dealkylation sites (tertiary alicyclic amines) is 1. The predicted octanol–water partition coefficient (Wildman–Crippen LogP) is 1.47. The van der Waals surface area contributed by atoms with E-state index in [1.165, 1.54) is 11.3 Å². The highest BCUT2D eigenvalue weighted by molar-refractivity contribution is 7.15. The number of hydrogen-bond donors (Lipinski definition) is 3. The summed E-state index contributed by atoms with van der Waals surface area (Å²) in [5.74, 6) is -0.296. The van der Waals surface area contributed by atoms with Gasteiger partial charge in [-0.05, 0) is 38.9 Å². The van der Waals surface area contributed by atoms with Crippen LogP contribution >= 0.6 is 11.3 Å². The van der Waals surface area contributed by atoms with Gasteiger partial charge in [0.05, 0.1) is 12.6 Å². The minimum Gasteiger partial charge on any atom is -0.375 e. The molecule has 28 heavy (non-hydrogen) atoms. The predicted molar refractivity (Wildman–Crippen MR) is 111 cm³/mol. The van der Waals surface area contributed by atoms with Crippen LogP contribution in [0.3, 0.4) is 0 Å². The number of carbonyl (C=O) groups excluding carboxylic acids is 2. The van der Waals surface area contributed by atoms with Crippen LogP contribution in [-0.4, -0.2) is 47.4 Å². The second-order valence-corrected chi connectivity index (χ2v) is 8.42. The van der Waals surface area contributed by atoms with E-state index in [2.05, 4.69) is 15.6 Å². The van der Waals surface area contributed by atoms with Crippen molar-refractivity contribution in [3.8, 4) is 0 Å². The molecule has 1 aliphatic rings. The quantitative estimate of drug-likeness (QED) is 0.652. The lowest BCUT2D eigenvalue weighted by Crippen LogP contribution is -2.52. The zero-order chi connectivity index (χ0) is 20.1. The summed E-state index contributed by atoms with van der Waals surface area (Å²) in [6.07, 6.45) is 3.91. The molecule has 1 fully saturated rings. The monoisotopic (exact) mass is 401 g/mol. The number of nitrogens with zero attached hydrogens (tertiary/aromatic N) is 2. The number of nitrogens with one attached hydrogen (secondary N) is 2. The lowest BCUT2D eigenvalue weighted by Gasteiger charge is -2.23. The van der Waals surface area contributed by atoms with E-state index < -0.39 is 6.04 Å². The number of nitrogen functional groups attached to an aromatic ring is 1. The summed E-state index contributed by atoms with van der Waals surface area (Å²) in [7, 11) is 1.94. The van der Waals surface area contributed by atoms with Crippen LogP contribution in [0.5, 0.6) is 0 Å². The van der Waals surface area contributed by atoms with Gasteiger partial charge in [-0.2, -0.15) is 0 Å². The third kappa shape index (κ3) is 5.30. The molecule has 2 atom stereocenters. The van der Waals surface area contributed by atoms with Crippen molar-refractivity contribution in [3.63, 3.8) is 0 Å². The molecule has 1 aromatic heterocycles. The van der Waals surface area contributed by atoms with Crippen LogP contribution in [0.4, 0.5) is 5.13 Å². The molecule has 2 amide bonds. The van der Waals surface area contributed by atoms with Crippen molar-refractivity contribution in [1.29, 1.82) is 0 Å². The average Bonchev–Trinajstić information content (AvgIpc) is 3.29. The second-order valence-electron chi connectivity index (χ2n) is 7.27. The Morgan fingerprint density at radius 1 is 1.36 bits per heavy atom. The molecule has 4 N–H and O–H groups in total. The molecule has 0 bridgehead atoms. The first kappa shape index (κ1) is 20.3. The van der Waals surface area contributed by atoms with Gasteiger partial charge in [-0.15, -0.1) is 11.3 Å². The number of hydrogen-bond acceptors (Lipinski definition) is 6. The van der Waals surface area contributed by atoms with Crippen LogP contribution in [0.1, 0.15) is 28.8 Å². The molecule has 8 heteroatoms. The van der Waals surface area contributed by atoms with E-state index >= 15 is 0 Å². The number of aromatic nitrogens is 1. The number of rotatable bonds is 7. The molecule has 3 rings (SSSR count). The summed E-state index contributed by atoms with van der Waals surface area (Å²) in [6, 6.07) is 7.21. The van der Waals surface area contributed by atoms with Gasteiger partial charge in [-0.25, -0.2) is 4.98 Å². The van der Waals surface area contributed by atoms with Crippen LogP contribution in [0.2, 0.25) is 0 Å². The van der Waals surface area contributed by atoms with E-state index in [0.29, 0.717) is 18.1 Å². The Bertz CT molecular complexity index is 820. The van der Waals surface area contributed by atoms with Crippen LogP contribution in [0.25, 0.3) is 0 Å². The number of likely N-dealkylation sites (N-methyl/N-ethyl adjacent to an activating group) is 1. The summed E-state index contributed by atoms with van der Waals surface area (Å²) in [5, 5.41) is 6.33. The number of carbonyl (C=O) groups is 2. The summed E-state index contributed by atoms with van der Waals surface area (Å²) in [6.45, 7) is 3.27. The number of thiazole rings is 1. The summed E-state index contributed by atoms with van der Waals surface area (Å²) >= 11 is 1.34. The lowest BCUT2D eigenvalue weighted by molar-refractivity contribution is -0.131. The fraction of sp³-hybridized carbons (Fsp3) is 0.450. The molecule has 1 aliphatic heterocycles. The van der Waals surface area contributed by atoms with E-state index in [1.807, 2.05) is 43.1 Å². The van der Waals surface area contributed by atoms with Gasteiger partial charge < -0.3 is 16.4 Å². The summed E-state index contributed by atoms with van der Waals surface area (Å²) in [5.41, 5.74) is 7.80. The number of amides is 2. The first-order chi connectivity index (χ1) is 13.4. The summed E-state index contributed by atoms with van der Waals surface area (Å²) < 4.78 is 0. The third-order valence-electron chi connectivity index (χ3n) is 5.02. The van der Waals surface area contributed by atoms with E-state index in [4.69, 9.17) is 5.73 Å². The molecule has 2 heterocycles. The van der Waals surface area contributed by atoms with Crippen molar-refractivity contribution in [2.24, 2.45) is 0 Å². The van der Waals surface area contributed by atoms with Gasteiger partial charge in [0.15, 0.2) is 5.13 Å². The fourth-order valence-corrected chi connectivity index (χ4v) is 4.00. The molecular weight excluding hydrogens is 374 g/mol. The largest absolute Gasteiger partial charge is 0.375 e. The van der Waals surface area contributed by atoms with Crippen molar-refractivity contribution < 1.29 is 9.59 Å². The molecule has 0 aliphatic carbocycles. The molecule has 1 aromatic carbocycles. The summed E-state index contributed by atoms with van der Waals surface area (Å²) in [4.78, 5) is 32.5. The Morgan fingerprint density at radius 3 is 2.71 bits per heavy atom. The van der Waals surface area contributed by atoms with E-state index in [-0.39, 0.29) is 17.9 Å². The Morgan fingerprint density at radius 2 is 2.11 bits per heavy atom. The molecule has 0 spiro atoms. The molecule has 2 aromatic rings. The van der Waals surface area contributed by atoms with Crippen molar-refractivity contribution in [3.05, 3.63) is 46.5 Å². The normalized spacial score (nSPS) is 18.0. The fourth-order valence-electron chi connectivity index (χ4n) is 3.38. The van der Waals surface area contributed by atoms with Crippen LogP contribution < -0.4 is 16.4 Å². The van der Waals surface area contributed by atoms with Crippen molar-refractivity contribution in [1.82, 2.24) is 20.5 Å². The standard InChI is InChI=1S/C20H27N5O2S/c1-13-5-7-14(8-6-13)10-16(24-19(27)17-4-3-9-25(17)2)18(26)22-11-15-12-23-20(21)28-15/h5-8,12,16-17H,3-4,9-11H2,1-2H3,(H2,21,23)(H,22,26)(H,24,27)/t16-,17+/m0/s1. The van der Waals surface area contributed by atoms with Gasteiger partial charge in [-0.1, -0.05) is 29.8 Å². The van der Waals surface area contributed by atoms with Crippen molar-refractivity contribution in [2.45, 2.75) is 44.8 Å². The second kappa shape index (κ2) is 9.16. The highest BCUT2D eigenvalue weighted by Crippen LogP contribution is 2.16. The zero-order valence-corrected chi connectivity index (χ0v) is 17.1.